The Morgan fingerprint density at radius 2 is 2.08 bits per heavy atom. The van der Waals surface area contributed by atoms with Crippen LogP contribution in [0.25, 0.3) is 10.2 Å². The molecule has 2 aromatic carbocycles. The Balaban J connectivity index is 1.58. The molecule has 3 aromatic rings. The van der Waals surface area contributed by atoms with Crippen molar-refractivity contribution in [2.45, 2.75) is 6.92 Å². The predicted molar refractivity (Wildman–Crippen MR) is 94.2 cm³/mol. The van der Waals surface area contributed by atoms with Gasteiger partial charge in [-0.1, -0.05) is 23.5 Å². The van der Waals surface area contributed by atoms with Crippen LogP contribution in [0.1, 0.15) is 5.56 Å². The third kappa shape index (κ3) is 3.10. The van der Waals surface area contributed by atoms with Crippen LogP contribution >= 0.6 is 11.3 Å². The largest absolute Gasteiger partial charge is 0.484 e. The van der Waals surface area contributed by atoms with Gasteiger partial charge in [-0.25, -0.2) is 0 Å². The molecule has 128 valence electrons. The molecule has 0 aliphatic carbocycles. The molecular weight excluding hydrogens is 340 g/mol. The average molecular weight is 356 g/mol. The highest BCUT2D eigenvalue weighted by atomic mass is 32.1. The zero-order valence-electron chi connectivity index (χ0n) is 13.8. The van der Waals surface area contributed by atoms with E-state index in [9.17, 15) is 4.79 Å². The third-order valence-electron chi connectivity index (χ3n) is 3.88. The van der Waals surface area contributed by atoms with Gasteiger partial charge in [-0.05, 0) is 24.6 Å². The number of carbonyl (C=O) groups excluding carboxylic acids is 1. The van der Waals surface area contributed by atoms with Gasteiger partial charge in [0, 0.05) is 19.2 Å². The molecule has 1 aliphatic rings. The monoisotopic (exact) mass is 356 g/mol. The van der Waals surface area contributed by atoms with E-state index in [1.165, 1.54) is 11.3 Å². The van der Waals surface area contributed by atoms with Crippen LogP contribution in [-0.4, -0.2) is 23.9 Å². The molecule has 0 atom stereocenters. The maximum atomic E-state index is 12.2. The van der Waals surface area contributed by atoms with Crippen LogP contribution in [0.5, 0.6) is 17.2 Å². The minimum Gasteiger partial charge on any atom is -0.484 e. The number of thiazole rings is 1. The Bertz CT molecular complexity index is 1040. The number of aromatic nitrogens is 1. The first kappa shape index (κ1) is 15.7. The summed E-state index contributed by atoms with van der Waals surface area (Å²) in [4.78, 5) is 16.9. The molecule has 25 heavy (non-hydrogen) atoms. The second-order valence-corrected chi connectivity index (χ2v) is 6.74. The Hall–Kier alpha value is -2.80. The molecule has 0 spiro atoms. The first-order valence-corrected chi connectivity index (χ1v) is 8.58. The number of benzene rings is 2. The molecule has 1 aromatic heterocycles. The Labute approximate surface area is 147 Å². The fourth-order valence-corrected chi connectivity index (χ4v) is 3.66. The normalized spacial score (nSPS) is 13.4. The highest BCUT2D eigenvalue weighted by molar-refractivity contribution is 7.16. The summed E-state index contributed by atoms with van der Waals surface area (Å²) >= 11 is 1.43. The molecule has 0 N–H and O–H groups in total. The molecule has 0 bridgehead atoms. The van der Waals surface area contributed by atoms with Gasteiger partial charge in [0.2, 0.25) is 6.79 Å². The molecular formula is C18H16N2O4S. The molecule has 7 heteroatoms. The van der Waals surface area contributed by atoms with Gasteiger partial charge < -0.3 is 18.8 Å². The van der Waals surface area contributed by atoms with E-state index in [-0.39, 0.29) is 19.3 Å². The van der Waals surface area contributed by atoms with Crippen LogP contribution in [0, 0.1) is 6.92 Å². The standard InChI is InChI=1S/C18H16N2O4S/c1-11-4-3-5-12(6-11)22-9-17(21)19-18-20(2)13-7-14-15(24-10-23-14)8-16(13)25-18/h3-8H,9-10H2,1-2H3. The van der Waals surface area contributed by atoms with Gasteiger partial charge in [0.25, 0.3) is 5.91 Å². The number of amides is 1. The number of nitrogens with zero attached hydrogens (tertiary/aromatic N) is 2. The summed E-state index contributed by atoms with van der Waals surface area (Å²) in [6.45, 7) is 2.11. The minimum absolute atomic E-state index is 0.0968. The van der Waals surface area contributed by atoms with Crippen LogP contribution in [0.2, 0.25) is 0 Å². The molecule has 0 radical (unpaired) electrons. The van der Waals surface area contributed by atoms with E-state index in [0.717, 1.165) is 21.5 Å². The van der Waals surface area contributed by atoms with E-state index in [1.54, 1.807) is 0 Å². The van der Waals surface area contributed by atoms with Crippen LogP contribution in [0.4, 0.5) is 0 Å². The summed E-state index contributed by atoms with van der Waals surface area (Å²) in [5, 5.41) is 0. The third-order valence-corrected chi connectivity index (χ3v) is 4.97. The summed E-state index contributed by atoms with van der Waals surface area (Å²) in [7, 11) is 1.87. The van der Waals surface area contributed by atoms with Crippen molar-refractivity contribution in [1.82, 2.24) is 4.57 Å². The molecule has 1 aliphatic heterocycles. The van der Waals surface area contributed by atoms with Crippen molar-refractivity contribution in [3.05, 3.63) is 46.8 Å². The number of hydrogen-bond donors (Lipinski definition) is 0. The zero-order chi connectivity index (χ0) is 17.4. The number of fused-ring (bicyclic) bond motifs is 2. The lowest BCUT2D eigenvalue weighted by molar-refractivity contribution is -0.120. The van der Waals surface area contributed by atoms with Crippen LogP contribution < -0.4 is 19.0 Å². The van der Waals surface area contributed by atoms with Crippen LogP contribution in [-0.2, 0) is 11.8 Å². The molecule has 0 fully saturated rings. The average Bonchev–Trinajstić information content (AvgIpc) is 3.16. The lowest BCUT2D eigenvalue weighted by atomic mass is 10.2. The SMILES string of the molecule is Cc1cccc(OCC(=O)N=c2sc3cc4c(cc3n2C)OCO4)c1. The lowest BCUT2D eigenvalue weighted by Crippen LogP contribution is -2.17. The van der Waals surface area contributed by atoms with Gasteiger partial charge in [0.05, 0.1) is 10.2 Å². The van der Waals surface area contributed by atoms with Crippen molar-refractivity contribution < 1.29 is 19.0 Å². The quantitative estimate of drug-likeness (QED) is 0.724. The molecule has 2 heterocycles. The second-order valence-electron chi connectivity index (χ2n) is 5.73. The number of aryl methyl sites for hydroxylation is 2. The summed E-state index contributed by atoms with van der Waals surface area (Å²) in [5.41, 5.74) is 2.02. The predicted octanol–water partition coefficient (Wildman–Crippen LogP) is 2.78. The first-order chi connectivity index (χ1) is 12.1. The van der Waals surface area contributed by atoms with Crippen molar-refractivity contribution in [2.24, 2.45) is 12.0 Å². The van der Waals surface area contributed by atoms with Crippen LogP contribution in [0.15, 0.2) is 41.4 Å². The van der Waals surface area contributed by atoms with Gasteiger partial charge in [-0.2, -0.15) is 4.99 Å². The summed E-state index contributed by atoms with van der Waals surface area (Å²) < 4.78 is 19.2. The molecule has 0 saturated heterocycles. The molecule has 1 amide bonds. The van der Waals surface area contributed by atoms with Gasteiger partial charge in [-0.15, -0.1) is 0 Å². The topological polar surface area (TPSA) is 62.0 Å². The fraction of sp³-hybridized carbons (Fsp3) is 0.222. The number of ether oxygens (including phenoxy) is 3. The number of rotatable bonds is 3. The number of hydrogen-bond acceptors (Lipinski definition) is 5. The zero-order valence-corrected chi connectivity index (χ0v) is 14.6. The lowest BCUT2D eigenvalue weighted by Gasteiger charge is -2.03. The van der Waals surface area contributed by atoms with Crippen molar-refractivity contribution in [1.29, 1.82) is 0 Å². The number of carbonyl (C=O) groups is 1. The van der Waals surface area contributed by atoms with E-state index < -0.39 is 0 Å². The van der Waals surface area contributed by atoms with Gasteiger partial charge >= 0.3 is 0 Å². The van der Waals surface area contributed by atoms with E-state index >= 15 is 0 Å². The summed E-state index contributed by atoms with van der Waals surface area (Å²) in [6, 6.07) is 11.4. The van der Waals surface area contributed by atoms with Gasteiger partial charge in [-0.3, -0.25) is 4.79 Å². The van der Waals surface area contributed by atoms with E-state index in [1.807, 2.05) is 54.9 Å². The maximum Gasteiger partial charge on any atom is 0.286 e. The Morgan fingerprint density at radius 1 is 1.28 bits per heavy atom. The fourth-order valence-electron chi connectivity index (χ4n) is 2.61. The Kier molecular flexibility index (Phi) is 3.93. The van der Waals surface area contributed by atoms with Crippen molar-refractivity contribution in [3.8, 4) is 17.2 Å². The van der Waals surface area contributed by atoms with E-state index in [2.05, 4.69) is 4.99 Å². The molecule has 0 unspecified atom stereocenters. The summed E-state index contributed by atoms with van der Waals surface area (Å²) in [5.74, 6) is 1.76. The molecule has 0 saturated carbocycles. The molecule has 4 rings (SSSR count). The summed E-state index contributed by atoms with van der Waals surface area (Å²) in [6.07, 6.45) is 0. The second kappa shape index (κ2) is 6.25. The van der Waals surface area contributed by atoms with Gasteiger partial charge in [0.15, 0.2) is 22.9 Å². The van der Waals surface area contributed by atoms with Crippen molar-refractivity contribution in [3.63, 3.8) is 0 Å². The Morgan fingerprint density at radius 3 is 2.88 bits per heavy atom. The van der Waals surface area contributed by atoms with Crippen molar-refractivity contribution >= 4 is 27.5 Å². The highest BCUT2D eigenvalue weighted by Gasteiger charge is 2.16. The van der Waals surface area contributed by atoms with Crippen LogP contribution in [0.3, 0.4) is 0 Å². The van der Waals surface area contributed by atoms with E-state index in [0.29, 0.717) is 16.3 Å². The smallest absolute Gasteiger partial charge is 0.286 e. The van der Waals surface area contributed by atoms with E-state index in [4.69, 9.17) is 14.2 Å². The minimum atomic E-state index is -0.330. The van der Waals surface area contributed by atoms with Gasteiger partial charge in [0.1, 0.15) is 5.75 Å². The maximum absolute atomic E-state index is 12.2. The highest BCUT2D eigenvalue weighted by Crippen LogP contribution is 2.36. The molecule has 6 nitrogen and oxygen atoms in total. The van der Waals surface area contributed by atoms with Crippen molar-refractivity contribution in [2.75, 3.05) is 13.4 Å². The first-order valence-electron chi connectivity index (χ1n) is 7.76.